The van der Waals surface area contributed by atoms with Gasteiger partial charge < -0.3 is 15.8 Å². The van der Waals surface area contributed by atoms with Crippen LogP contribution in [0.3, 0.4) is 0 Å². The monoisotopic (exact) mass is 240 g/mol. The molecule has 3 N–H and O–H groups in total. The number of amides is 1. The van der Waals surface area contributed by atoms with E-state index in [1.165, 1.54) is 18.2 Å². The molecule has 5 heteroatoms. The Hall–Kier alpha value is -1.62. The molecule has 94 valence electrons. The first-order valence-electron chi connectivity index (χ1n) is 5.55. The predicted molar refractivity (Wildman–Crippen MR) is 63.1 cm³/mol. The zero-order chi connectivity index (χ0) is 12.7. The van der Waals surface area contributed by atoms with E-state index < -0.39 is 0 Å². The van der Waals surface area contributed by atoms with Crippen LogP contribution in [0, 0.1) is 5.82 Å². The van der Waals surface area contributed by atoms with Crippen molar-refractivity contribution in [1.82, 2.24) is 5.32 Å². The van der Waals surface area contributed by atoms with Crippen molar-refractivity contribution in [3.63, 3.8) is 0 Å². The van der Waals surface area contributed by atoms with Crippen LogP contribution in [0.1, 0.15) is 18.9 Å². The lowest BCUT2D eigenvalue weighted by atomic mass is 10.2. The lowest BCUT2D eigenvalue weighted by molar-refractivity contribution is -0.123. The molecule has 1 rings (SSSR count). The third-order valence-electron chi connectivity index (χ3n) is 2.17. The second-order valence-electron chi connectivity index (χ2n) is 3.59. The summed E-state index contributed by atoms with van der Waals surface area (Å²) in [6, 6.07) is 4.06. The maximum Gasteiger partial charge on any atom is 0.257 e. The van der Waals surface area contributed by atoms with Crippen LogP contribution in [-0.2, 0) is 11.3 Å². The Bertz CT molecular complexity index is 383. The van der Waals surface area contributed by atoms with Gasteiger partial charge in [-0.15, -0.1) is 0 Å². The fourth-order valence-corrected chi connectivity index (χ4v) is 1.31. The van der Waals surface area contributed by atoms with E-state index in [1.54, 1.807) is 0 Å². The van der Waals surface area contributed by atoms with Gasteiger partial charge in [-0.25, -0.2) is 4.39 Å². The Morgan fingerprint density at radius 3 is 2.94 bits per heavy atom. The highest BCUT2D eigenvalue weighted by atomic mass is 19.1. The van der Waals surface area contributed by atoms with Crippen LogP contribution in [0.25, 0.3) is 0 Å². The van der Waals surface area contributed by atoms with Crippen LogP contribution in [0.2, 0.25) is 0 Å². The minimum Gasteiger partial charge on any atom is -0.483 e. The molecule has 1 amide bonds. The summed E-state index contributed by atoms with van der Waals surface area (Å²) in [6.07, 6.45) is 0.871. The first-order chi connectivity index (χ1) is 8.17. The summed E-state index contributed by atoms with van der Waals surface area (Å²) in [5.74, 6) is -0.118. The number of hydrogen-bond donors (Lipinski definition) is 2. The summed E-state index contributed by atoms with van der Waals surface area (Å²) in [5, 5.41) is 2.68. The van der Waals surface area contributed by atoms with Gasteiger partial charge in [0.1, 0.15) is 11.6 Å². The quantitative estimate of drug-likeness (QED) is 0.785. The SMILES string of the molecule is CCCNC(=O)COc1ccc(F)cc1CN. The molecule has 0 bridgehead atoms. The topological polar surface area (TPSA) is 64.3 Å². The molecular weight excluding hydrogens is 223 g/mol. The molecule has 0 unspecified atom stereocenters. The van der Waals surface area contributed by atoms with Gasteiger partial charge in [-0.3, -0.25) is 4.79 Å². The number of carbonyl (C=O) groups is 1. The van der Waals surface area contributed by atoms with Crippen molar-refractivity contribution in [3.05, 3.63) is 29.6 Å². The van der Waals surface area contributed by atoms with Gasteiger partial charge in [0, 0.05) is 18.7 Å². The number of carbonyl (C=O) groups excluding carboxylic acids is 1. The second-order valence-corrected chi connectivity index (χ2v) is 3.59. The summed E-state index contributed by atoms with van der Waals surface area (Å²) in [7, 11) is 0. The Balaban J connectivity index is 2.54. The normalized spacial score (nSPS) is 10.1. The average molecular weight is 240 g/mol. The molecule has 1 aromatic rings. The van der Waals surface area contributed by atoms with Crippen molar-refractivity contribution in [2.45, 2.75) is 19.9 Å². The van der Waals surface area contributed by atoms with Crippen LogP contribution in [0.5, 0.6) is 5.75 Å². The Labute approximate surface area is 100.0 Å². The van der Waals surface area contributed by atoms with Gasteiger partial charge in [-0.2, -0.15) is 0 Å². The summed E-state index contributed by atoms with van der Waals surface area (Å²) >= 11 is 0. The van der Waals surface area contributed by atoms with Crippen LogP contribution in [0.15, 0.2) is 18.2 Å². The van der Waals surface area contributed by atoms with E-state index in [0.717, 1.165) is 6.42 Å². The molecule has 0 atom stereocenters. The molecule has 0 saturated heterocycles. The van der Waals surface area contributed by atoms with Crippen LogP contribution < -0.4 is 15.8 Å². The lowest BCUT2D eigenvalue weighted by Gasteiger charge is -2.10. The van der Waals surface area contributed by atoms with Crippen molar-refractivity contribution >= 4 is 5.91 Å². The molecule has 1 aromatic carbocycles. The number of hydrogen-bond acceptors (Lipinski definition) is 3. The zero-order valence-corrected chi connectivity index (χ0v) is 9.83. The summed E-state index contributed by atoms with van der Waals surface area (Å²) in [5.41, 5.74) is 6.01. The van der Waals surface area contributed by atoms with Gasteiger partial charge >= 0.3 is 0 Å². The van der Waals surface area contributed by atoms with E-state index >= 15 is 0 Å². The molecule has 0 fully saturated rings. The largest absolute Gasteiger partial charge is 0.483 e. The van der Waals surface area contributed by atoms with Gasteiger partial charge in [0.05, 0.1) is 0 Å². The van der Waals surface area contributed by atoms with Crippen molar-refractivity contribution < 1.29 is 13.9 Å². The van der Waals surface area contributed by atoms with Gasteiger partial charge in [-0.05, 0) is 24.6 Å². The molecule has 0 radical (unpaired) electrons. The lowest BCUT2D eigenvalue weighted by Crippen LogP contribution is -2.29. The second kappa shape index (κ2) is 6.85. The molecular formula is C12H17FN2O2. The maximum atomic E-state index is 12.9. The third-order valence-corrected chi connectivity index (χ3v) is 2.17. The highest BCUT2D eigenvalue weighted by molar-refractivity contribution is 5.77. The maximum absolute atomic E-state index is 12.9. The van der Waals surface area contributed by atoms with Gasteiger partial charge in [0.25, 0.3) is 5.91 Å². The highest BCUT2D eigenvalue weighted by Crippen LogP contribution is 2.18. The molecule has 17 heavy (non-hydrogen) atoms. The summed E-state index contributed by atoms with van der Waals surface area (Å²) in [6.45, 7) is 2.67. The molecule has 0 saturated carbocycles. The van der Waals surface area contributed by atoms with E-state index in [2.05, 4.69) is 5.32 Å². The van der Waals surface area contributed by atoms with Gasteiger partial charge in [-0.1, -0.05) is 6.92 Å². The van der Waals surface area contributed by atoms with E-state index in [9.17, 15) is 9.18 Å². The third kappa shape index (κ3) is 4.40. The average Bonchev–Trinajstić information content (AvgIpc) is 2.34. The van der Waals surface area contributed by atoms with Gasteiger partial charge in [0.15, 0.2) is 6.61 Å². The fourth-order valence-electron chi connectivity index (χ4n) is 1.31. The number of benzene rings is 1. The molecule has 0 spiro atoms. The molecule has 0 aromatic heterocycles. The van der Waals surface area contributed by atoms with Crippen molar-refractivity contribution in [2.24, 2.45) is 5.73 Å². The van der Waals surface area contributed by atoms with Crippen molar-refractivity contribution in [1.29, 1.82) is 0 Å². The molecule has 0 aliphatic heterocycles. The number of nitrogens with two attached hydrogens (primary N) is 1. The smallest absolute Gasteiger partial charge is 0.257 e. The minimum atomic E-state index is -0.367. The van der Waals surface area contributed by atoms with Crippen LogP contribution in [-0.4, -0.2) is 19.1 Å². The van der Waals surface area contributed by atoms with Gasteiger partial charge in [0.2, 0.25) is 0 Å². The molecule has 0 heterocycles. The Kier molecular flexibility index (Phi) is 5.42. The predicted octanol–water partition coefficient (Wildman–Crippen LogP) is 1.19. The summed E-state index contributed by atoms with van der Waals surface area (Å²) in [4.78, 5) is 11.3. The Morgan fingerprint density at radius 2 is 2.29 bits per heavy atom. The van der Waals surface area contributed by atoms with E-state index in [0.29, 0.717) is 17.9 Å². The molecule has 0 aliphatic rings. The Morgan fingerprint density at radius 1 is 1.53 bits per heavy atom. The number of ether oxygens (including phenoxy) is 1. The standard InChI is InChI=1S/C12H17FN2O2/c1-2-5-15-12(16)8-17-11-4-3-10(13)6-9(11)7-14/h3-4,6H,2,5,7-8,14H2,1H3,(H,15,16). The first-order valence-corrected chi connectivity index (χ1v) is 5.55. The minimum absolute atomic E-state index is 0.0847. The van der Waals surface area contributed by atoms with Crippen LogP contribution in [0.4, 0.5) is 4.39 Å². The van der Waals surface area contributed by atoms with Crippen molar-refractivity contribution in [3.8, 4) is 5.75 Å². The molecule has 4 nitrogen and oxygen atoms in total. The zero-order valence-electron chi connectivity index (χ0n) is 9.83. The highest BCUT2D eigenvalue weighted by Gasteiger charge is 2.06. The van der Waals surface area contributed by atoms with Crippen LogP contribution >= 0.6 is 0 Å². The number of rotatable bonds is 6. The van der Waals surface area contributed by atoms with E-state index in [4.69, 9.17) is 10.5 Å². The fraction of sp³-hybridized carbons (Fsp3) is 0.417. The van der Waals surface area contributed by atoms with E-state index in [1.807, 2.05) is 6.92 Å². The molecule has 0 aliphatic carbocycles. The number of nitrogens with one attached hydrogen (secondary N) is 1. The van der Waals surface area contributed by atoms with Crippen molar-refractivity contribution in [2.75, 3.05) is 13.2 Å². The first kappa shape index (κ1) is 13.4. The number of halogens is 1. The van der Waals surface area contributed by atoms with E-state index in [-0.39, 0.29) is 24.9 Å². The summed E-state index contributed by atoms with van der Waals surface area (Å²) < 4.78 is 18.2.